The van der Waals surface area contributed by atoms with Crippen LogP contribution in [0.2, 0.25) is 0 Å². The molecule has 0 bridgehead atoms. The summed E-state index contributed by atoms with van der Waals surface area (Å²) in [6.45, 7) is 1.66. The Bertz CT molecular complexity index is 933. The topological polar surface area (TPSA) is 68.0 Å². The molecular formula is C16H10F3N3O2. The van der Waals surface area contributed by atoms with Gasteiger partial charge in [-0.15, -0.1) is 5.10 Å². The second kappa shape index (κ2) is 5.80. The molecular weight excluding hydrogens is 323 g/mol. The number of carboxylic acid groups (broad SMARTS) is 1. The van der Waals surface area contributed by atoms with Crippen LogP contribution in [0, 0.1) is 24.4 Å². The summed E-state index contributed by atoms with van der Waals surface area (Å²) in [5, 5.41) is 16.5. The lowest BCUT2D eigenvalue weighted by molar-refractivity contribution is 0.0691. The minimum Gasteiger partial charge on any atom is -0.476 e. The molecule has 0 atom stereocenters. The third-order valence-corrected chi connectivity index (χ3v) is 3.41. The average Bonchev–Trinajstić information content (AvgIpc) is 2.93. The number of hydrogen-bond donors (Lipinski definition) is 1. The average molecular weight is 333 g/mol. The smallest absolute Gasteiger partial charge is 0.358 e. The second-order valence-electron chi connectivity index (χ2n) is 5.09. The fourth-order valence-corrected chi connectivity index (χ4v) is 2.35. The van der Waals surface area contributed by atoms with E-state index in [-0.39, 0.29) is 16.9 Å². The van der Waals surface area contributed by atoms with Crippen molar-refractivity contribution < 1.29 is 23.1 Å². The first-order chi connectivity index (χ1) is 11.4. The van der Waals surface area contributed by atoms with E-state index in [1.165, 1.54) is 12.1 Å². The van der Waals surface area contributed by atoms with E-state index in [4.69, 9.17) is 0 Å². The molecule has 8 heteroatoms. The number of aromatic carboxylic acids is 1. The Labute approximate surface area is 134 Å². The zero-order valence-corrected chi connectivity index (χ0v) is 12.3. The molecule has 3 aromatic rings. The Morgan fingerprint density at radius 2 is 1.71 bits per heavy atom. The van der Waals surface area contributed by atoms with E-state index < -0.39 is 29.1 Å². The van der Waals surface area contributed by atoms with Gasteiger partial charge in [-0.2, -0.15) is 0 Å². The first kappa shape index (κ1) is 15.7. The van der Waals surface area contributed by atoms with Crippen LogP contribution in [-0.2, 0) is 0 Å². The molecule has 0 fully saturated rings. The molecule has 0 unspecified atom stereocenters. The van der Waals surface area contributed by atoms with Gasteiger partial charge in [0, 0.05) is 11.6 Å². The zero-order chi connectivity index (χ0) is 17.4. The number of halogens is 3. The molecule has 5 nitrogen and oxygen atoms in total. The van der Waals surface area contributed by atoms with Crippen molar-refractivity contribution in [2.75, 3.05) is 0 Å². The monoisotopic (exact) mass is 333 g/mol. The summed E-state index contributed by atoms with van der Waals surface area (Å²) in [5.41, 5.74) is 0.0860. The van der Waals surface area contributed by atoms with Crippen LogP contribution in [0.4, 0.5) is 13.2 Å². The maximum Gasteiger partial charge on any atom is 0.358 e. The normalized spacial score (nSPS) is 10.8. The number of aryl methyl sites for hydroxylation is 1. The third kappa shape index (κ3) is 2.73. The maximum atomic E-state index is 13.6. The van der Waals surface area contributed by atoms with Crippen LogP contribution in [0.5, 0.6) is 0 Å². The number of carboxylic acids is 1. The van der Waals surface area contributed by atoms with Crippen LogP contribution in [-0.4, -0.2) is 26.1 Å². The predicted octanol–water partition coefficient (Wildman–Crippen LogP) is 3.36. The van der Waals surface area contributed by atoms with Crippen LogP contribution in [0.1, 0.15) is 16.1 Å². The quantitative estimate of drug-likeness (QED) is 0.798. The van der Waals surface area contributed by atoms with Crippen molar-refractivity contribution in [2.45, 2.75) is 6.92 Å². The summed E-state index contributed by atoms with van der Waals surface area (Å²) < 4.78 is 41.7. The molecule has 0 radical (unpaired) electrons. The molecule has 1 heterocycles. The Morgan fingerprint density at radius 1 is 1.04 bits per heavy atom. The van der Waals surface area contributed by atoms with E-state index in [0.29, 0.717) is 11.6 Å². The van der Waals surface area contributed by atoms with E-state index >= 15 is 0 Å². The van der Waals surface area contributed by atoms with Crippen LogP contribution >= 0.6 is 0 Å². The molecule has 0 spiro atoms. The van der Waals surface area contributed by atoms with Crippen LogP contribution < -0.4 is 0 Å². The largest absolute Gasteiger partial charge is 0.476 e. The van der Waals surface area contributed by atoms with Gasteiger partial charge in [-0.1, -0.05) is 11.3 Å². The van der Waals surface area contributed by atoms with E-state index in [0.717, 1.165) is 22.9 Å². The van der Waals surface area contributed by atoms with Gasteiger partial charge < -0.3 is 5.11 Å². The highest BCUT2D eigenvalue weighted by atomic mass is 19.1. The van der Waals surface area contributed by atoms with E-state index in [1.807, 2.05) is 0 Å². The fraction of sp³-hybridized carbons (Fsp3) is 0.0625. The highest BCUT2D eigenvalue weighted by Gasteiger charge is 2.23. The van der Waals surface area contributed by atoms with Crippen LogP contribution in [0.25, 0.3) is 16.9 Å². The second-order valence-corrected chi connectivity index (χ2v) is 5.09. The summed E-state index contributed by atoms with van der Waals surface area (Å²) in [7, 11) is 0. The Morgan fingerprint density at radius 3 is 2.33 bits per heavy atom. The standard InChI is InChI=1S/C16H10F3N3O2/c1-8-2-3-10(17)7-13(8)22-15(14(16(23)24)20-21-22)9-4-11(18)6-12(19)5-9/h2-7H,1H3,(H,23,24). The number of aromatic nitrogens is 3. The van der Waals surface area contributed by atoms with Crippen LogP contribution in [0.15, 0.2) is 36.4 Å². The van der Waals surface area contributed by atoms with Crippen molar-refractivity contribution in [3.05, 3.63) is 65.1 Å². The summed E-state index contributed by atoms with van der Waals surface area (Å²) in [6.07, 6.45) is 0. The predicted molar refractivity (Wildman–Crippen MR) is 78.4 cm³/mol. The lowest BCUT2D eigenvalue weighted by Gasteiger charge is -2.10. The van der Waals surface area contributed by atoms with Gasteiger partial charge in [-0.25, -0.2) is 22.6 Å². The number of carbonyl (C=O) groups is 1. The summed E-state index contributed by atoms with van der Waals surface area (Å²) >= 11 is 0. The number of benzene rings is 2. The fourth-order valence-electron chi connectivity index (χ4n) is 2.35. The van der Waals surface area contributed by atoms with Gasteiger partial charge in [0.2, 0.25) is 0 Å². The van der Waals surface area contributed by atoms with Crippen molar-refractivity contribution >= 4 is 5.97 Å². The Hall–Kier alpha value is -3.16. The van der Waals surface area contributed by atoms with Crippen molar-refractivity contribution in [3.63, 3.8) is 0 Å². The van der Waals surface area contributed by atoms with Crippen molar-refractivity contribution in [1.82, 2.24) is 15.0 Å². The van der Waals surface area contributed by atoms with Gasteiger partial charge in [0.15, 0.2) is 5.69 Å². The first-order valence-corrected chi connectivity index (χ1v) is 6.79. The van der Waals surface area contributed by atoms with Gasteiger partial charge in [0.05, 0.1) is 5.69 Å². The first-order valence-electron chi connectivity index (χ1n) is 6.79. The van der Waals surface area contributed by atoms with Crippen molar-refractivity contribution in [1.29, 1.82) is 0 Å². The molecule has 1 aromatic heterocycles. The van der Waals surface area contributed by atoms with E-state index in [2.05, 4.69) is 10.3 Å². The Kier molecular flexibility index (Phi) is 3.80. The SMILES string of the molecule is Cc1ccc(F)cc1-n1nnc(C(=O)O)c1-c1cc(F)cc(F)c1. The van der Waals surface area contributed by atoms with Gasteiger partial charge in [0.25, 0.3) is 0 Å². The highest BCUT2D eigenvalue weighted by molar-refractivity contribution is 5.93. The van der Waals surface area contributed by atoms with Gasteiger partial charge in [0.1, 0.15) is 23.1 Å². The van der Waals surface area contributed by atoms with Crippen LogP contribution in [0.3, 0.4) is 0 Å². The third-order valence-electron chi connectivity index (χ3n) is 3.41. The molecule has 0 saturated heterocycles. The number of nitrogens with zero attached hydrogens (tertiary/aromatic N) is 3. The summed E-state index contributed by atoms with van der Waals surface area (Å²) in [6, 6.07) is 6.41. The van der Waals surface area contributed by atoms with E-state index in [9.17, 15) is 23.1 Å². The molecule has 0 saturated carbocycles. The zero-order valence-electron chi connectivity index (χ0n) is 12.3. The minimum atomic E-state index is -1.42. The van der Waals surface area contributed by atoms with Gasteiger partial charge in [-0.05, 0) is 36.8 Å². The molecule has 0 aliphatic carbocycles. The highest BCUT2D eigenvalue weighted by Crippen LogP contribution is 2.28. The van der Waals surface area contributed by atoms with E-state index in [1.54, 1.807) is 6.92 Å². The summed E-state index contributed by atoms with van der Waals surface area (Å²) in [5.74, 6) is -3.76. The number of hydrogen-bond acceptors (Lipinski definition) is 3. The molecule has 0 amide bonds. The van der Waals surface area contributed by atoms with Gasteiger partial charge in [-0.3, -0.25) is 0 Å². The van der Waals surface area contributed by atoms with Gasteiger partial charge >= 0.3 is 5.97 Å². The molecule has 0 aliphatic rings. The molecule has 122 valence electrons. The molecule has 0 aliphatic heterocycles. The Balaban J connectivity index is 2.33. The molecule has 24 heavy (non-hydrogen) atoms. The van der Waals surface area contributed by atoms with Crippen molar-refractivity contribution in [3.8, 4) is 16.9 Å². The summed E-state index contributed by atoms with van der Waals surface area (Å²) in [4.78, 5) is 11.4. The molecule has 2 aromatic carbocycles. The molecule has 1 N–H and O–H groups in total. The number of rotatable bonds is 3. The lowest BCUT2D eigenvalue weighted by atomic mass is 10.1. The maximum absolute atomic E-state index is 13.6. The lowest BCUT2D eigenvalue weighted by Crippen LogP contribution is -2.05. The van der Waals surface area contributed by atoms with Crippen molar-refractivity contribution in [2.24, 2.45) is 0 Å². The minimum absolute atomic E-state index is 0.0708. The molecule has 3 rings (SSSR count).